The molecule has 0 saturated carbocycles. The van der Waals surface area contributed by atoms with Gasteiger partial charge in [-0.3, -0.25) is 0 Å². The van der Waals surface area contributed by atoms with E-state index >= 15 is 0 Å². The minimum Gasteiger partial charge on any atom is -0.493 e. The van der Waals surface area contributed by atoms with Crippen LogP contribution in [0.1, 0.15) is 63.1 Å². The molecular weight excluding hydrogens is 222 g/mol. The Bertz CT molecular complexity index is 347. The summed E-state index contributed by atoms with van der Waals surface area (Å²) >= 11 is 0. The molecule has 2 nitrogen and oxygen atoms in total. The summed E-state index contributed by atoms with van der Waals surface area (Å²) in [5.74, 6) is 0.959. The summed E-state index contributed by atoms with van der Waals surface area (Å²) in [7, 11) is 0. The molecule has 18 heavy (non-hydrogen) atoms. The van der Waals surface area contributed by atoms with Gasteiger partial charge in [-0.1, -0.05) is 44.7 Å². The highest BCUT2D eigenvalue weighted by molar-refractivity contribution is 5.38. The van der Waals surface area contributed by atoms with Gasteiger partial charge in [0.1, 0.15) is 5.75 Å². The van der Waals surface area contributed by atoms with E-state index in [2.05, 4.69) is 32.0 Å². The van der Waals surface area contributed by atoms with Crippen LogP contribution in [0, 0.1) is 6.92 Å². The highest BCUT2D eigenvalue weighted by atomic mass is 16.5. The minimum atomic E-state index is 0.0284. The van der Waals surface area contributed by atoms with E-state index in [9.17, 15) is 0 Å². The first-order valence-corrected chi connectivity index (χ1v) is 7.14. The average Bonchev–Trinajstić information content (AvgIpc) is 2.33. The third-order valence-electron chi connectivity index (χ3n) is 3.17. The summed E-state index contributed by atoms with van der Waals surface area (Å²) in [5.41, 5.74) is 8.28. The van der Waals surface area contributed by atoms with Gasteiger partial charge in [-0.2, -0.15) is 0 Å². The lowest BCUT2D eigenvalue weighted by Gasteiger charge is -2.14. The van der Waals surface area contributed by atoms with Gasteiger partial charge >= 0.3 is 0 Å². The van der Waals surface area contributed by atoms with Crippen LogP contribution in [0.25, 0.3) is 0 Å². The molecule has 1 atom stereocenters. The highest BCUT2D eigenvalue weighted by Crippen LogP contribution is 2.25. The first kappa shape index (κ1) is 15.0. The summed E-state index contributed by atoms with van der Waals surface area (Å²) in [5, 5.41) is 0. The van der Waals surface area contributed by atoms with Gasteiger partial charge in [0.25, 0.3) is 0 Å². The lowest BCUT2D eigenvalue weighted by molar-refractivity contribution is 0.300. The summed E-state index contributed by atoms with van der Waals surface area (Å²) in [6.07, 6.45) is 6.32. The minimum absolute atomic E-state index is 0.0284. The normalized spacial score (nSPS) is 12.4. The third-order valence-corrected chi connectivity index (χ3v) is 3.17. The molecule has 0 amide bonds. The second-order valence-electron chi connectivity index (χ2n) is 5.09. The molecule has 1 rings (SSSR count). The predicted molar refractivity (Wildman–Crippen MR) is 78.0 cm³/mol. The SMILES string of the molecule is CCCCCCCOc1cc(C)ccc1C(C)N. The number of nitrogens with two attached hydrogens (primary N) is 1. The molecule has 102 valence electrons. The molecule has 0 aliphatic carbocycles. The summed E-state index contributed by atoms with van der Waals surface area (Å²) in [4.78, 5) is 0. The van der Waals surface area contributed by atoms with Gasteiger partial charge in [0.05, 0.1) is 6.61 Å². The number of hydrogen-bond donors (Lipinski definition) is 1. The van der Waals surface area contributed by atoms with Gasteiger partial charge in [0, 0.05) is 11.6 Å². The molecule has 0 aliphatic heterocycles. The van der Waals surface area contributed by atoms with Crippen molar-refractivity contribution in [3.05, 3.63) is 29.3 Å². The van der Waals surface area contributed by atoms with Crippen molar-refractivity contribution >= 4 is 0 Å². The zero-order valence-electron chi connectivity index (χ0n) is 12.0. The molecule has 0 heterocycles. The van der Waals surface area contributed by atoms with Crippen LogP contribution in [0.5, 0.6) is 5.75 Å². The van der Waals surface area contributed by atoms with Gasteiger partial charge in [-0.25, -0.2) is 0 Å². The largest absolute Gasteiger partial charge is 0.493 e. The number of hydrogen-bond acceptors (Lipinski definition) is 2. The van der Waals surface area contributed by atoms with E-state index in [0.717, 1.165) is 24.3 Å². The number of ether oxygens (including phenoxy) is 1. The Balaban J connectivity index is 2.43. The van der Waals surface area contributed by atoms with Crippen molar-refractivity contribution in [1.82, 2.24) is 0 Å². The molecule has 1 aromatic carbocycles. The van der Waals surface area contributed by atoms with Gasteiger partial charge < -0.3 is 10.5 Å². The van der Waals surface area contributed by atoms with Gasteiger partial charge in [-0.15, -0.1) is 0 Å². The van der Waals surface area contributed by atoms with Crippen LogP contribution in [0.4, 0.5) is 0 Å². The van der Waals surface area contributed by atoms with Crippen LogP contribution in [0.2, 0.25) is 0 Å². The lowest BCUT2D eigenvalue weighted by atomic mass is 10.1. The molecule has 2 heteroatoms. The van der Waals surface area contributed by atoms with E-state index in [4.69, 9.17) is 10.5 Å². The third kappa shape index (κ3) is 5.09. The van der Waals surface area contributed by atoms with Crippen molar-refractivity contribution in [3.63, 3.8) is 0 Å². The monoisotopic (exact) mass is 249 g/mol. The van der Waals surface area contributed by atoms with E-state index in [-0.39, 0.29) is 6.04 Å². The van der Waals surface area contributed by atoms with Crippen LogP contribution in [0.15, 0.2) is 18.2 Å². The molecule has 0 aromatic heterocycles. The summed E-state index contributed by atoms with van der Waals surface area (Å²) in [6.45, 7) is 7.11. The summed E-state index contributed by atoms with van der Waals surface area (Å²) < 4.78 is 5.88. The van der Waals surface area contributed by atoms with Gasteiger partial charge in [0.15, 0.2) is 0 Å². The van der Waals surface area contributed by atoms with Crippen molar-refractivity contribution < 1.29 is 4.74 Å². The maximum atomic E-state index is 5.95. The van der Waals surface area contributed by atoms with Gasteiger partial charge in [-0.05, 0) is 31.9 Å². The molecule has 0 aliphatic rings. The molecular formula is C16H27NO. The Morgan fingerprint density at radius 1 is 1.17 bits per heavy atom. The first-order chi connectivity index (χ1) is 8.65. The Kier molecular flexibility index (Phi) is 6.81. The van der Waals surface area contributed by atoms with Crippen LogP contribution in [-0.2, 0) is 0 Å². The molecule has 1 unspecified atom stereocenters. The van der Waals surface area contributed by atoms with Crippen molar-refractivity contribution in [2.24, 2.45) is 5.73 Å². The van der Waals surface area contributed by atoms with E-state index in [1.54, 1.807) is 0 Å². The highest BCUT2D eigenvalue weighted by Gasteiger charge is 2.07. The second kappa shape index (κ2) is 8.15. The van der Waals surface area contributed by atoms with Crippen molar-refractivity contribution in [3.8, 4) is 5.75 Å². The number of rotatable bonds is 8. The smallest absolute Gasteiger partial charge is 0.124 e. The zero-order valence-corrected chi connectivity index (χ0v) is 12.0. The van der Waals surface area contributed by atoms with E-state index in [1.807, 2.05) is 6.92 Å². The number of benzene rings is 1. The van der Waals surface area contributed by atoms with Gasteiger partial charge in [0.2, 0.25) is 0 Å². The number of aryl methyl sites for hydroxylation is 1. The molecule has 0 radical (unpaired) electrons. The first-order valence-electron chi connectivity index (χ1n) is 7.14. The van der Waals surface area contributed by atoms with E-state index in [1.165, 1.54) is 31.2 Å². The topological polar surface area (TPSA) is 35.2 Å². The molecule has 0 saturated heterocycles. The fourth-order valence-corrected chi connectivity index (χ4v) is 2.03. The maximum Gasteiger partial charge on any atom is 0.124 e. The van der Waals surface area contributed by atoms with E-state index in [0.29, 0.717) is 0 Å². The lowest BCUT2D eigenvalue weighted by Crippen LogP contribution is -2.09. The Morgan fingerprint density at radius 2 is 1.89 bits per heavy atom. The fourth-order valence-electron chi connectivity index (χ4n) is 2.03. The zero-order chi connectivity index (χ0) is 13.4. The van der Waals surface area contributed by atoms with Crippen LogP contribution in [-0.4, -0.2) is 6.61 Å². The molecule has 2 N–H and O–H groups in total. The van der Waals surface area contributed by atoms with E-state index < -0.39 is 0 Å². The Labute approximate surface area is 112 Å². The van der Waals surface area contributed by atoms with Crippen molar-refractivity contribution in [1.29, 1.82) is 0 Å². The molecule has 0 fully saturated rings. The molecule has 1 aromatic rings. The van der Waals surface area contributed by atoms with Crippen LogP contribution < -0.4 is 10.5 Å². The Hall–Kier alpha value is -1.02. The number of unbranched alkanes of at least 4 members (excludes halogenated alkanes) is 4. The second-order valence-corrected chi connectivity index (χ2v) is 5.09. The molecule has 0 spiro atoms. The van der Waals surface area contributed by atoms with Crippen LogP contribution in [0.3, 0.4) is 0 Å². The fraction of sp³-hybridized carbons (Fsp3) is 0.625. The standard InChI is InChI=1S/C16H27NO/c1-4-5-6-7-8-11-18-16-12-13(2)9-10-15(16)14(3)17/h9-10,12,14H,4-8,11,17H2,1-3H3. The quantitative estimate of drug-likeness (QED) is 0.695. The molecule has 0 bridgehead atoms. The predicted octanol–water partition coefficient (Wildman–Crippen LogP) is 4.36. The average molecular weight is 249 g/mol. The van der Waals surface area contributed by atoms with Crippen LogP contribution >= 0.6 is 0 Å². The maximum absolute atomic E-state index is 5.95. The van der Waals surface area contributed by atoms with Crippen molar-refractivity contribution in [2.45, 2.75) is 58.9 Å². The Morgan fingerprint density at radius 3 is 2.56 bits per heavy atom. The summed E-state index contributed by atoms with van der Waals surface area (Å²) in [6, 6.07) is 6.28. The van der Waals surface area contributed by atoms with Crippen molar-refractivity contribution in [2.75, 3.05) is 6.61 Å².